The first-order chi connectivity index (χ1) is 8.88. The van der Waals surface area contributed by atoms with E-state index in [-0.39, 0.29) is 12.5 Å². The van der Waals surface area contributed by atoms with E-state index in [4.69, 9.17) is 9.52 Å². The van der Waals surface area contributed by atoms with Crippen molar-refractivity contribution in [2.75, 3.05) is 0 Å². The number of carboxylic acids is 1. The number of carbonyl (C=O) groups is 2. The van der Waals surface area contributed by atoms with E-state index >= 15 is 0 Å². The first kappa shape index (κ1) is 15.0. The number of rotatable bonds is 6. The highest BCUT2D eigenvalue weighted by Crippen LogP contribution is 2.05. The van der Waals surface area contributed by atoms with Gasteiger partial charge in [0.2, 0.25) is 5.89 Å². The quantitative estimate of drug-likeness (QED) is 0.721. The molecule has 7 heteroatoms. The number of carboxylic acid groups (broad SMARTS) is 1. The van der Waals surface area contributed by atoms with Crippen LogP contribution in [0.4, 0.5) is 4.79 Å². The van der Waals surface area contributed by atoms with E-state index in [1.807, 2.05) is 13.8 Å². The maximum Gasteiger partial charge on any atom is 0.326 e. The van der Waals surface area contributed by atoms with Gasteiger partial charge in [0, 0.05) is 0 Å². The lowest BCUT2D eigenvalue weighted by atomic mass is 10.0. The fourth-order valence-corrected chi connectivity index (χ4v) is 1.54. The van der Waals surface area contributed by atoms with Gasteiger partial charge in [0.15, 0.2) is 0 Å². The smallest absolute Gasteiger partial charge is 0.326 e. The topological polar surface area (TPSA) is 104 Å². The van der Waals surface area contributed by atoms with Gasteiger partial charge >= 0.3 is 12.0 Å². The summed E-state index contributed by atoms with van der Waals surface area (Å²) in [6.45, 7) is 5.66. The molecule has 0 unspecified atom stereocenters. The Morgan fingerprint density at radius 2 is 2.16 bits per heavy atom. The summed E-state index contributed by atoms with van der Waals surface area (Å²) in [5.74, 6) is 0.162. The molecule has 0 fully saturated rings. The molecule has 7 nitrogen and oxygen atoms in total. The molecule has 0 aromatic carbocycles. The van der Waals surface area contributed by atoms with E-state index < -0.39 is 18.0 Å². The van der Waals surface area contributed by atoms with E-state index in [0.717, 1.165) is 0 Å². The van der Waals surface area contributed by atoms with E-state index in [9.17, 15) is 9.59 Å². The first-order valence-electron chi connectivity index (χ1n) is 6.07. The van der Waals surface area contributed by atoms with Crippen LogP contribution in [0.2, 0.25) is 0 Å². The number of hydrogen-bond acceptors (Lipinski definition) is 4. The molecule has 1 atom stereocenters. The molecule has 2 amide bonds. The van der Waals surface area contributed by atoms with E-state index in [2.05, 4.69) is 15.6 Å². The minimum Gasteiger partial charge on any atom is -0.480 e. The Morgan fingerprint density at radius 1 is 1.47 bits per heavy atom. The van der Waals surface area contributed by atoms with Crippen molar-refractivity contribution in [2.45, 2.75) is 39.8 Å². The number of aryl methyl sites for hydroxylation is 1. The van der Waals surface area contributed by atoms with Crippen LogP contribution in [-0.2, 0) is 11.3 Å². The van der Waals surface area contributed by atoms with Gasteiger partial charge in [-0.15, -0.1) is 0 Å². The fraction of sp³-hybridized carbons (Fsp3) is 0.583. The number of aromatic nitrogens is 1. The van der Waals surface area contributed by atoms with Crippen LogP contribution in [0.3, 0.4) is 0 Å². The largest absolute Gasteiger partial charge is 0.480 e. The molecule has 0 saturated carbocycles. The second kappa shape index (κ2) is 6.77. The molecule has 3 N–H and O–H groups in total. The molecule has 0 aliphatic carbocycles. The number of hydrogen-bond donors (Lipinski definition) is 3. The molecule has 1 heterocycles. The average Bonchev–Trinajstić information content (AvgIpc) is 2.71. The van der Waals surface area contributed by atoms with Crippen molar-refractivity contribution >= 4 is 12.0 Å². The van der Waals surface area contributed by atoms with E-state index in [1.54, 1.807) is 13.1 Å². The van der Waals surface area contributed by atoms with Gasteiger partial charge in [-0.3, -0.25) is 0 Å². The Kier molecular flexibility index (Phi) is 5.35. The zero-order chi connectivity index (χ0) is 14.4. The van der Waals surface area contributed by atoms with Crippen LogP contribution in [0.15, 0.2) is 10.6 Å². The van der Waals surface area contributed by atoms with Gasteiger partial charge in [0.25, 0.3) is 0 Å². The lowest BCUT2D eigenvalue weighted by Gasteiger charge is -2.16. The predicted octanol–water partition coefficient (Wildman–Crippen LogP) is 1.28. The maximum atomic E-state index is 11.6. The van der Waals surface area contributed by atoms with Crippen LogP contribution in [0.5, 0.6) is 0 Å². The molecular weight excluding hydrogens is 250 g/mol. The van der Waals surface area contributed by atoms with Gasteiger partial charge in [0.05, 0.1) is 12.7 Å². The number of nitrogens with one attached hydrogen (secondary N) is 2. The minimum atomic E-state index is -1.05. The van der Waals surface area contributed by atoms with Crippen LogP contribution in [0.25, 0.3) is 0 Å². The van der Waals surface area contributed by atoms with E-state index in [1.165, 1.54) is 0 Å². The number of amides is 2. The average molecular weight is 269 g/mol. The molecule has 0 aliphatic heterocycles. The minimum absolute atomic E-state index is 0.119. The highest BCUT2D eigenvalue weighted by molar-refractivity contribution is 5.82. The SMILES string of the molecule is Cc1cnc(CNC(=O)N[C@H](CC(C)C)C(=O)O)o1. The Morgan fingerprint density at radius 3 is 2.63 bits per heavy atom. The van der Waals surface area contributed by atoms with Crippen LogP contribution in [-0.4, -0.2) is 28.1 Å². The van der Waals surface area contributed by atoms with Crippen molar-refractivity contribution in [1.82, 2.24) is 15.6 Å². The third-order valence-corrected chi connectivity index (χ3v) is 2.38. The van der Waals surface area contributed by atoms with Gasteiger partial charge in [-0.25, -0.2) is 14.6 Å². The van der Waals surface area contributed by atoms with Crippen molar-refractivity contribution in [3.63, 3.8) is 0 Å². The van der Waals surface area contributed by atoms with Gasteiger partial charge in [-0.1, -0.05) is 13.8 Å². The summed E-state index contributed by atoms with van der Waals surface area (Å²) < 4.78 is 5.18. The summed E-state index contributed by atoms with van der Waals surface area (Å²) in [6.07, 6.45) is 1.93. The van der Waals surface area contributed by atoms with Gasteiger partial charge in [0.1, 0.15) is 11.8 Å². The first-order valence-corrected chi connectivity index (χ1v) is 6.07. The van der Waals surface area contributed by atoms with Crippen LogP contribution >= 0.6 is 0 Å². The number of aliphatic carboxylic acids is 1. The number of oxazole rings is 1. The standard InChI is InChI=1S/C12H19N3O4/c1-7(2)4-9(11(16)17)15-12(18)14-6-10-13-5-8(3)19-10/h5,7,9H,4,6H2,1-3H3,(H,16,17)(H2,14,15,18)/t9-/m1/s1. The zero-order valence-electron chi connectivity index (χ0n) is 11.3. The molecule has 1 aromatic rings. The summed E-state index contributed by atoms with van der Waals surface area (Å²) in [4.78, 5) is 26.5. The Hall–Kier alpha value is -2.05. The summed E-state index contributed by atoms with van der Waals surface area (Å²) in [5.41, 5.74) is 0. The Bertz CT molecular complexity index is 442. The summed E-state index contributed by atoms with van der Waals surface area (Å²) in [6, 6.07) is -1.45. The summed E-state index contributed by atoms with van der Waals surface area (Å²) >= 11 is 0. The second-order valence-electron chi connectivity index (χ2n) is 4.71. The molecule has 0 saturated heterocycles. The molecule has 0 aliphatic rings. The molecule has 0 bridgehead atoms. The summed E-state index contributed by atoms with van der Waals surface area (Å²) in [5, 5.41) is 13.9. The third-order valence-electron chi connectivity index (χ3n) is 2.38. The zero-order valence-corrected chi connectivity index (χ0v) is 11.3. The highest BCUT2D eigenvalue weighted by Gasteiger charge is 2.20. The lowest BCUT2D eigenvalue weighted by Crippen LogP contribution is -2.46. The summed E-state index contributed by atoms with van der Waals surface area (Å²) in [7, 11) is 0. The van der Waals surface area contributed by atoms with Gasteiger partial charge in [-0.05, 0) is 19.3 Å². The molecule has 106 valence electrons. The predicted molar refractivity (Wildman–Crippen MR) is 67.5 cm³/mol. The number of urea groups is 1. The molecular formula is C12H19N3O4. The van der Waals surface area contributed by atoms with Crippen molar-refractivity contribution in [3.8, 4) is 0 Å². The van der Waals surface area contributed by atoms with Gasteiger partial charge < -0.3 is 20.2 Å². The highest BCUT2D eigenvalue weighted by atomic mass is 16.4. The molecule has 0 spiro atoms. The molecule has 19 heavy (non-hydrogen) atoms. The second-order valence-corrected chi connectivity index (χ2v) is 4.71. The van der Waals surface area contributed by atoms with Crippen molar-refractivity contribution in [2.24, 2.45) is 5.92 Å². The van der Waals surface area contributed by atoms with Gasteiger partial charge in [-0.2, -0.15) is 0 Å². The fourth-order valence-electron chi connectivity index (χ4n) is 1.54. The van der Waals surface area contributed by atoms with Crippen LogP contribution in [0, 0.1) is 12.8 Å². The number of carbonyl (C=O) groups excluding carboxylic acids is 1. The van der Waals surface area contributed by atoms with Crippen LogP contribution < -0.4 is 10.6 Å². The number of nitrogens with zero attached hydrogens (tertiary/aromatic N) is 1. The maximum absolute atomic E-state index is 11.6. The van der Waals surface area contributed by atoms with Crippen molar-refractivity contribution < 1.29 is 19.1 Å². The molecule has 1 rings (SSSR count). The van der Waals surface area contributed by atoms with Crippen molar-refractivity contribution in [1.29, 1.82) is 0 Å². The molecule has 0 radical (unpaired) electrons. The Balaban J connectivity index is 2.42. The normalized spacial score (nSPS) is 12.2. The lowest BCUT2D eigenvalue weighted by molar-refractivity contribution is -0.139. The molecule has 1 aromatic heterocycles. The van der Waals surface area contributed by atoms with E-state index in [0.29, 0.717) is 18.1 Å². The van der Waals surface area contributed by atoms with Crippen molar-refractivity contribution in [3.05, 3.63) is 17.8 Å². The van der Waals surface area contributed by atoms with Crippen LogP contribution in [0.1, 0.15) is 31.9 Å². The third kappa shape index (κ3) is 5.41. The Labute approximate surface area is 111 Å². The monoisotopic (exact) mass is 269 g/mol.